The van der Waals surface area contributed by atoms with Crippen LogP contribution in [0.25, 0.3) is 0 Å². The number of carbonyl (C=O) groups is 1. The van der Waals surface area contributed by atoms with Crippen molar-refractivity contribution in [3.8, 4) is 6.07 Å². The maximum atomic E-state index is 12.1. The topological polar surface area (TPSA) is 87.3 Å². The maximum absolute atomic E-state index is 12.1. The van der Waals surface area contributed by atoms with E-state index in [1.165, 1.54) is 0 Å². The number of nitrogens with one attached hydrogen (secondary N) is 2. The van der Waals surface area contributed by atoms with Gasteiger partial charge in [0.15, 0.2) is 0 Å². The highest BCUT2D eigenvalue weighted by Crippen LogP contribution is 2.17. The van der Waals surface area contributed by atoms with Gasteiger partial charge < -0.3 is 19.8 Å². The average Bonchev–Trinajstić information content (AvgIpc) is 2.92. The van der Waals surface area contributed by atoms with Crippen LogP contribution in [0.1, 0.15) is 59.0 Å². The molecule has 0 saturated heterocycles. The van der Waals surface area contributed by atoms with Gasteiger partial charge in [-0.05, 0) is 45.7 Å². The van der Waals surface area contributed by atoms with E-state index in [4.69, 9.17) is 14.4 Å². The zero-order valence-corrected chi connectivity index (χ0v) is 14.7. The molecule has 0 aliphatic heterocycles. The summed E-state index contributed by atoms with van der Waals surface area (Å²) in [7, 11) is 0. The first-order valence-corrected chi connectivity index (χ1v) is 7.94. The van der Waals surface area contributed by atoms with Crippen LogP contribution >= 0.6 is 0 Å². The summed E-state index contributed by atoms with van der Waals surface area (Å²) in [5.41, 5.74) is -0.903. The van der Waals surface area contributed by atoms with Crippen molar-refractivity contribution in [2.45, 2.75) is 65.1 Å². The smallest absolute Gasteiger partial charge is 0.408 e. The maximum Gasteiger partial charge on any atom is 0.408 e. The Kier molecular flexibility index (Phi) is 6.64. The van der Waals surface area contributed by atoms with Gasteiger partial charge in [-0.1, -0.05) is 13.8 Å². The van der Waals surface area contributed by atoms with E-state index >= 15 is 0 Å². The van der Waals surface area contributed by atoms with Crippen LogP contribution in [0.4, 0.5) is 4.79 Å². The van der Waals surface area contributed by atoms with Crippen LogP contribution in [0.15, 0.2) is 16.5 Å². The van der Waals surface area contributed by atoms with E-state index in [1.54, 1.807) is 12.1 Å². The quantitative estimate of drug-likeness (QED) is 0.804. The molecule has 1 aromatic rings. The molecule has 0 saturated carbocycles. The Morgan fingerprint density at radius 1 is 1.30 bits per heavy atom. The molecule has 1 heterocycles. The third-order valence-electron chi connectivity index (χ3n) is 3.65. The van der Waals surface area contributed by atoms with E-state index < -0.39 is 11.7 Å². The van der Waals surface area contributed by atoms with E-state index in [-0.39, 0.29) is 5.54 Å². The summed E-state index contributed by atoms with van der Waals surface area (Å²) >= 11 is 0. The van der Waals surface area contributed by atoms with E-state index in [9.17, 15) is 4.79 Å². The molecule has 128 valence electrons. The second-order valence-corrected chi connectivity index (χ2v) is 6.60. The first-order valence-electron chi connectivity index (χ1n) is 7.94. The highest BCUT2D eigenvalue weighted by molar-refractivity contribution is 5.68. The highest BCUT2D eigenvalue weighted by atomic mass is 16.6. The van der Waals surface area contributed by atoms with Crippen molar-refractivity contribution < 1.29 is 13.9 Å². The first-order chi connectivity index (χ1) is 10.7. The molecule has 0 aliphatic carbocycles. The Labute approximate surface area is 138 Å². The predicted octanol–water partition coefficient (Wildman–Crippen LogP) is 3.32. The molecular weight excluding hydrogens is 294 g/mol. The van der Waals surface area contributed by atoms with Crippen molar-refractivity contribution >= 4 is 6.09 Å². The molecule has 6 heteroatoms. The van der Waals surface area contributed by atoms with Crippen LogP contribution in [0, 0.1) is 11.3 Å². The summed E-state index contributed by atoms with van der Waals surface area (Å²) in [6.45, 7) is 10.7. The Morgan fingerprint density at radius 3 is 2.43 bits per heavy atom. The summed E-state index contributed by atoms with van der Waals surface area (Å²) in [4.78, 5) is 12.1. The van der Waals surface area contributed by atoms with Crippen LogP contribution in [0.3, 0.4) is 0 Å². The molecule has 23 heavy (non-hydrogen) atoms. The normalized spacial score (nSPS) is 11.8. The van der Waals surface area contributed by atoms with Crippen molar-refractivity contribution in [3.63, 3.8) is 0 Å². The van der Waals surface area contributed by atoms with Gasteiger partial charge in [0.05, 0.1) is 12.1 Å². The molecule has 0 atom stereocenters. The summed E-state index contributed by atoms with van der Waals surface area (Å²) in [6, 6.07) is 5.37. The van der Waals surface area contributed by atoms with Gasteiger partial charge in [-0.15, -0.1) is 0 Å². The number of hydrogen-bond acceptors (Lipinski definition) is 5. The number of rotatable bonds is 7. The third kappa shape index (κ3) is 6.33. The van der Waals surface area contributed by atoms with E-state index in [0.717, 1.165) is 12.8 Å². The fourth-order valence-corrected chi connectivity index (χ4v) is 2.20. The molecule has 1 rings (SSSR count). The summed E-state index contributed by atoms with van der Waals surface area (Å²) in [6.07, 6.45) is 1.14. The molecule has 0 aromatic carbocycles. The number of ether oxygens (including phenoxy) is 1. The molecule has 2 N–H and O–H groups in total. The first kappa shape index (κ1) is 19.0. The number of furan rings is 1. The number of amides is 1. The monoisotopic (exact) mass is 321 g/mol. The highest BCUT2D eigenvalue weighted by Gasteiger charge is 2.30. The lowest BCUT2D eigenvalue weighted by molar-refractivity contribution is 0.0445. The zero-order chi connectivity index (χ0) is 17.5. The van der Waals surface area contributed by atoms with Crippen molar-refractivity contribution in [3.05, 3.63) is 23.7 Å². The van der Waals surface area contributed by atoms with Crippen LogP contribution in [-0.4, -0.2) is 23.8 Å². The lowest BCUT2D eigenvalue weighted by Gasteiger charge is -2.34. The molecule has 1 aromatic heterocycles. The Balaban J connectivity index is 2.59. The van der Waals surface area contributed by atoms with Crippen LogP contribution in [-0.2, 0) is 11.3 Å². The second-order valence-electron chi connectivity index (χ2n) is 6.60. The van der Waals surface area contributed by atoms with Crippen molar-refractivity contribution in [2.24, 2.45) is 0 Å². The van der Waals surface area contributed by atoms with Gasteiger partial charge in [-0.3, -0.25) is 0 Å². The van der Waals surface area contributed by atoms with Gasteiger partial charge in [0, 0.05) is 6.54 Å². The minimum atomic E-state index is -0.521. The Bertz CT molecular complexity index is 548. The average molecular weight is 321 g/mol. The number of alkyl carbamates (subject to hydrolysis) is 1. The lowest BCUT2D eigenvalue weighted by atomic mass is 9.93. The van der Waals surface area contributed by atoms with Crippen molar-refractivity contribution in [1.82, 2.24) is 10.6 Å². The third-order valence-corrected chi connectivity index (χ3v) is 3.65. The van der Waals surface area contributed by atoms with Gasteiger partial charge in [0.1, 0.15) is 17.4 Å². The van der Waals surface area contributed by atoms with Gasteiger partial charge in [0.25, 0.3) is 0 Å². The molecular formula is C17H27N3O3. The minimum Gasteiger partial charge on any atom is -0.449 e. The second kappa shape index (κ2) is 8.02. The van der Waals surface area contributed by atoms with Crippen molar-refractivity contribution in [2.75, 3.05) is 6.54 Å². The van der Waals surface area contributed by atoms with Crippen LogP contribution in [0.2, 0.25) is 0 Å². The minimum absolute atomic E-state index is 0.297. The number of nitriles is 1. The van der Waals surface area contributed by atoms with Gasteiger partial charge >= 0.3 is 6.09 Å². The van der Waals surface area contributed by atoms with Crippen LogP contribution < -0.4 is 10.6 Å². The Hall–Kier alpha value is -2.00. The van der Waals surface area contributed by atoms with Gasteiger partial charge in [-0.25, -0.2) is 4.79 Å². The molecule has 0 radical (unpaired) electrons. The SMILES string of the molecule is CCC(CC)(CNCc1ccc(C#N)o1)NC(=O)OC(C)(C)C. The fraction of sp³-hybridized carbons (Fsp3) is 0.647. The molecule has 1 amide bonds. The number of nitrogens with zero attached hydrogens (tertiary/aromatic N) is 1. The molecule has 6 nitrogen and oxygen atoms in total. The lowest BCUT2D eigenvalue weighted by Crippen LogP contribution is -2.55. The summed E-state index contributed by atoms with van der Waals surface area (Å²) in [5.74, 6) is 0.992. The zero-order valence-electron chi connectivity index (χ0n) is 14.7. The predicted molar refractivity (Wildman–Crippen MR) is 87.8 cm³/mol. The van der Waals surface area contributed by atoms with Crippen molar-refractivity contribution in [1.29, 1.82) is 5.26 Å². The standard InChI is InChI=1S/C17H27N3O3/c1-6-17(7-2,20-15(21)23-16(3,4)5)12-19-11-14-9-8-13(10-18)22-14/h8-9,19H,6-7,11-12H2,1-5H3,(H,20,21). The van der Waals surface area contributed by atoms with E-state index in [1.807, 2.05) is 40.7 Å². The summed E-state index contributed by atoms with van der Waals surface area (Å²) in [5, 5.41) is 15.0. The molecule has 0 unspecified atom stereocenters. The van der Waals surface area contributed by atoms with Gasteiger partial charge in [0.2, 0.25) is 5.76 Å². The summed E-state index contributed by atoms with van der Waals surface area (Å²) < 4.78 is 10.7. The Morgan fingerprint density at radius 2 is 1.96 bits per heavy atom. The molecule has 0 spiro atoms. The van der Waals surface area contributed by atoms with E-state index in [2.05, 4.69) is 10.6 Å². The number of hydrogen-bond donors (Lipinski definition) is 2. The number of carbonyl (C=O) groups excluding carboxylic acids is 1. The fourth-order valence-electron chi connectivity index (χ4n) is 2.20. The largest absolute Gasteiger partial charge is 0.449 e. The van der Waals surface area contributed by atoms with Gasteiger partial charge in [-0.2, -0.15) is 5.26 Å². The van der Waals surface area contributed by atoms with E-state index in [0.29, 0.717) is 24.6 Å². The molecule has 0 aliphatic rings. The molecule has 0 bridgehead atoms. The van der Waals surface area contributed by atoms with Crippen LogP contribution in [0.5, 0.6) is 0 Å². The molecule has 0 fully saturated rings.